The highest BCUT2D eigenvalue weighted by Gasteiger charge is 2.12. The van der Waals surface area contributed by atoms with E-state index in [0.717, 1.165) is 33.0 Å². The number of carbonyl (C=O) groups is 1. The van der Waals surface area contributed by atoms with Crippen molar-refractivity contribution in [2.45, 2.75) is 20.4 Å². The van der Waals surface area contributed by atoms with E-state index in [4.69, 9.17) is 4.42 Å². The first kappa shape index (κ1) is 21.7. The van der Waals surface area contributed by atoms with Crippen molar-refractivity contribution >= 4 is 28.2 Å². The van der Waals surface area contributed by atoms with E-state index in [0.29, 0.717) is 28.8 Å². The summed E-state index contributed by atoms with van der Waals surface area (Å²) < 4.78 is 6.05. The molecule has 34 heavy (non-hydrogen) atoms. The van der Waals surface area contributed by atoms with Crippen molar-refractivity contribution in [1.82, 2.24) is 15.3 Å². The molecule has 5 aromatic rings. The third-order valence-corrected chi connectivity index (χ3v) is 6.42. The average molecular weight is 468 g/mol. The van der Waals surface area contributed by atoms with Gasteiger partial charge in [0.2, 0.25) is 0 Å². The molecule has 3 aromatic heterocycles. The van der Waals surface area contributed by atoms with Crippen LogP contribution < -0.4 is 10.7 Å². The molecule has 0 aliphatic rings. The molecule has 0 fully saturated rings. The van der Waals surface area contributed by atoms with Gasteiger partial charge in [-0.25, -0.2) is 4.98 Å². The molecule has 0 atom stereocenters. The van der Waals surface area contributed by atoms with Gasteiger partial charge in [-0.1, -0.05) is 18.2 Å². The second-order valence-electron chi connectivity index (χ2n) is 8.08. The van der Waals surface area contributed by atoms with Crippen LogP contribution in [0.25, 0.3) is 32.9 Å². The van der Waals surface area contributed by atoms with E-state index in [-0.39, 0.29) is 11.3 Å². The average Bonchev–Trinajstić information content (AvgIpc) is 3.33. The van der Waals surface area contributed by atoms with Crippen LogP contribution in [0, 0.1) is 13.8 Å². The van der Waals surface area contributed by atoms with Crippen molar-refractivity contribution < 1.29 is 9.21 Å². The summed E-state index contributed by atoms with van der Waals surface area (Å²) in [5.74, 6) is 0.274. The fourth-order valence-electron chi connectivity index (χ4n) is 3.82. The number of aryl methyl sites for hydroxylation is 2. The number of rotatable bonds is 5. The van der Waals surface area contributed by atoms with Gasteiger partial charge in [0.1, 0.15) is 16.4 Å². The van der Waals surface area contributed by atoms with E-state index < -0.39 is 0 Å². The summed E-state index contributed by atoms with van der Waals surface area (Å²) in [7, 11) is 0. The predicted octanol–water partition coefficient (Wildman–Crippen LogP) is 5.53. The first-order valence-electron chi connectivity index (χ1n) is 10.8. The SMILES string of the molecule is Cc1cc(C)c2oc(-c3ccc(C(=O)NCc4csc(-c5cccnc5)n4)cc3)cc(=O)c2c1. The molecule has 168 valence electrons. The maximum Gasteiger partial charge on any atom is 0.251 e. The second-order valence-corrected chi connectivity index (χ2v) is 8.94. The highest BCUT2D eigenvalue weighted by molar-refractivity contribution is 7.13. The molecule has 0 radical (unpaired) electrons. The molecule has 0 saturated heterocycles. The molecule has 0 spiro atoms. The molecule has 0 aliphatic heterocycles. The fraction of sp³-hybridized carbons (Fsp3) is 0.111. The highest BCUT2D eigenvalue weighted by Crippen LogP contribution is 2.26. The van der Waals surface area contributed by atoms with Gasteiger partial charge in [-0.15, -0.1) is 11.3 Å². The number of carbonyl (C=O) groups excluding carboxylic acids is 1. The van der Waals surface area contributed by atoms with Crippen LogP contribution in [0.5, 0.6) is 0 Å². The Hall–Kier alpha value is -4.10. The summed E-state index contributed by atoms with van der Waals surface area (Å²) in [4.78, 5) is 33.9. The smallest absolute Gasteiger partial charge is 0.251 e. The lowest BCUT2D eigenvalue weighted by atomic mass is 10.1. The number of hydrogen-bond donors (Lipinski definition) is 1. The van der Waals surface area contributed by atoms with Crippen LogP contribution >= 0.6 is 11.3 Å². The number of hydrogen-bond acceptors (Lipinski definition) is 6. The summed E-state index contributed by atoms with van der Waals surface area (Å²) in [5, 5.41) is 6.27. The summed E-state index contributed by atoms with van der Waals surface area (Å²) in [6.07, 6.45) is 3.49. The van der Waals surface area contributed by atoms with Crippen LogP contribution in [-0.2, 0) is 6.54 Å². The molecule has 1 amide bonds. The Balaban J connectivity index is 1.30. The molecule has 5 rings (SSSR count). The third kappa shape index (κ3) is 4.38. The van der Waals surface area contributed by atoms with Crippen LogP contribution in [0.4, 0.5) is 0 Å². The molecule has 0 saturated carbocycles. The van der Waals surface area contributed by atoms with Crippen LogP contribution in [-0.4, -0.2) is 15.9 Å². The van der Waals surface area contributed by atoms with Gasteiger partial charge in [-0.05, 0) is 55.3 Å². The number of aromatic nitrogens is 2. The number of fused-ring (bicyclic) bond motifs is 1. The molecule has 1 N–H and O–H groups in total. The normalized spacial score (nSPS) is 11.0. The monoisotopic (exact) mass is 467 g/mol. The molecular formula is C27H21N3O3S. The number of benzene rings is 2. The topological polar surface area (TPSA) is 85.1 Å². The molecule has 7 heteroatoms. The van der Waals surface area contributed by atoms with E-state index in [9.17, 15) is 9.59 Å². The van der Waals surface area contributed by atoms with Crippen LogP contribution in [0.2, 0.25) is 0 Å². The molecule has 3 heterocycles. The Kier molecular flexibility index (Phi) is 5.77. The number of nitrogens with one attached hydrogen (secondary N) is 1. The van der Waals surface area contributed by atoms with E-state index >= 15 is 0 Å². The molecule has 0 unspecified atom stereocenters. The Labute approximate surface area is 200 Å². The minimum atomic E-state index is -0.200. The lowest BCUT2D eigenvalue weighted by molar-refractivity contribution is 0.0950. The summed E-state index contributed by atoms with van der Waals surface area (Å²) in [5.41, 5.74) is 5.42. The first-order valence-corrected chi connectivity index (χ1v) is 11.6. The van der Waals surface area contributed by atoms with Crippen LogP contribution in [0.1, 0.15) is 27.2 Å². The summed E-state index contributed by atoms with van der Waals surface area (Å²) >= 11 is 1.51. The van der Waals surface area contributed by atoms with Gasteiger partial charge in [0.25, 0.3) is 5.91 Å². The molecule has 2 aromatic carbocycles. The van der Waals surface area contributed by atoms with Gasteiger partial charge >= 0.3 is 0 Å². The summed E-state index contributed by atoms with van der Waals surface area (Å²) in [6, 6.07) is 16.2. The maximum absolute atomic E-state index is 12.6. The van der Waals surface area contributed by atoms with Crippen LogP contribution in [0.3, 0.4) is 0 Å². The molecule has 0 aliphatic carbocycles. The molecule has 0 bridgehead atoms. The van der Waals surface area contributed by atoms with Gasteiger partial charge < -0.3 is 9.73 Å². The Morgan fingerprint density at radius 1 is 1.06 bits per heavy atom. The van der Waals surface area contributed by atoms with E-state index in [1.165, 1.54) is 17.4 Å². The minimum absolute atomic E-state index is 0.0845. The quantitative estimate of drug-likeness (QED) is 0.368. The zero-order chi connectivity index (χ0) is 23.7. The van der Waals surface area contributed by atoms with Gasteiger partial charge in [0.15, 0.2) is 5.43 Å². The number of nitrogens with zero attached hydrogens (tertiary/aromatic N) is 2. The van der Waals surface area contributed by atoms with Crippen molar-refractivity contribution in [3.8, 4) is 21.9 Å². The molecular weight excluding hydrogens is 446 g/mol. The van der Waals surface area contributed by atoms with Gasteiger partial charge in [-0.3, -0.25) is 14.6 Å². The third-order valence-electron chi connectivity index (χ3n) is 5.48. The highest BCUT2D eigenvalue weighted by atomic mass is 32.1. The van der Waals surface area contributed by atoms with Crippen molar-refractivity contribution in [2.24, 2.45) is 0 Å². The Morgan fingerprint density at radius 2 is 1.88 bits per heavy atom. The van der Waals surface area contributed by atoms with Crippen molar-refractivity contribution in [3.05, 3.63) is 105 Å². The zero-order valence-corrected chi connectivity index (χ0v) is 19.5. The Morgan fingerprint density at radius 3 is 2.65 bits per heavy atom. The van der Waals surface area contributed by atoms with Crippen molar-refractivity contribution in [3.63, 3.8) is 0 Å². The van der Waals surface area contributed by atoms with Gasteiger partial charge in [0.05, 0.1) is 17.6 Å². The first-order chi connectivity index (χ1) is 16.5. The van der Waals surface area contributed by atoms with Gasteiger partial charge in [-0.2, -0.15) is 0 Å². The zero-order valence-electron chi connectivity index (χ0n) is 18.7. The van der Waals surface area contributed by atoms with Crippen molar-refractivity contribution in [1.29, 1.82) is 0 Å². The van der Waals surface area contributed by atoms with E-state index in [1.807, 2.05) is 43.5 Å². The minimum Gasteiger partial charge on any atom is -0.456 e. The predicted molar refractivity (Wildman–Crippen MR) is 134 cm³/mol. The summed E-state index contributed by atoms with van der Waals surface area (Å²) in [6.45, 7) is 4.21. The van der Waals surface area contributed by atoms with E-state index in [1.54, 1.807) is 36.7 Å². The lowest BCUT2D eigenvalue weighted by Crippen LogP contribution is -2.22. The largest absolute Gasteiger partial charge is 0.456 e. The fourth-order valence-corrected chi connectivity index (χ4v) is 4.63. The van der Waals surface area contributed by atoms with Gasteiger partial charge in [0, 0.05) is 40.5 Å². The molecule has 6 nitrogen and oxygen atoms in total. The number of thiazole rings is 1. The maximum atomic E-state index is 12.6. The van der Waals surface area contributed by atoms with Crippen LogP contribution in [0.15, 0.2) is 81.6 Å². The Bertz CT molecular complexity index is 1550. The number of pyridine rings is 1. The van der Waals surface area contributed by atoms with Crippen molar-refractivity contribution in [2.75, 3.05) is 0 Å². The number of amides is 1. The lowest BCUT2D eigenvalue weighted by Gasteiger charge is -2.08. The second kappa shape index (κ2) is 9.03. The van der Waals surface area contributed by atoms with E-state index in [2.05, 4.69) is 15.3 Å². The standard InChI is InChI=1S/C27H21N3O3S/c1-16-10-17(2)25-22(11-16)23(31)12-24(33-25)18-5-7-19(8-6-18)26(32)29-14-21-15-34-27(30-21)20-4-3-9-28-13-20/h3-13,15H,14H2,1-2H3,(H,29,32).